The summed E-state index contributed by atoms with van der Waals surface area (Å²) in [6.07, 6.45) is 2.85. The second kappa shape index (κ2) is 9.87. The monoisotopic (exact) mass is 317 g/mol. The fourth-order valence-electron chi connectivity index (χ4n) is 1.20. The van der Waals surface area contributed by atoms with Crippen molar-refractivity contribution in [3.63, 3.8) is 0 Å². The molecule has 0 fully saturated rings. The molecule has 0 aromatic carbocycles. The third kappa shape index (κ3) is 8.35. The van der Waals surface area contributed by atoms with E-state index >= 15 is 0 Å². The van der Waals surface area contributed by atoms with E-state index in [4.69, 9.17) is 26.8 Å². The molecule has 0 spiro atoms. The summed E-state index contributed by atoms with van der Waals surface area (Å²) >= 11 is 0. The number of hydrogen-bond donors (Lipinski definition) is 5. The number of allylic oxidation sites excluding steroid dienone is 1. The molecule has 7 N–H and O–H groups in total. The van der Waals surface area contributed by atoms with Crippen LogP contribution in [-0.4, -0.2) is 64.5 Å². The quantitative estimate of drug-likeness (QED) is 0.146. The predicted octanol–water partition coefficient (Wildman–Crippen LogP) is -1.62. The van der Waals surface area contributed by atoms with Crippen LogP contribution in [0.25, 0.3) is 0 Å². The number of nitrogens with two attached hydrogens (primary N) is 2. The molecule has 9 nitrogen and oxygen atoms in total. The molecule has 0 rings (SSSR count). The molecule has 2 atom stereocenters. The number of carboxylic acids is 1. The number of hydrogen-bond acceptors (Lipinski definition) is 7. The van der Waals surface area contributed by atoms with Gasteiger partial charge in [-0.2, -0.15) is 0 Å². The molecule has 0 aliphatic heterocycles. The van der Waals surface area contributed by atoms with E-state index < -0.39 is 30.2 Å². The largest absolute Gasteiger partial charge is 0.480 e. The third-order valence-corrected chi connectivity index (χ3v) is 2.68. The minimum absolute atomic E-state index is 0.123. The van der Waals surface area contributed by atoms with Gasteiger partial charge in [0.25, 0.3) is 0 Å². The molecule has 9 heteroatoms. The second-order valence-electron chi connectivity index (χ2n) is 4.89. The molecular weight excluding hydrogens is 294 g/mol. The van der Waals surface area contributed by atoms with Crippen LogP contribution >= 0.6 is 0 Å². The first-order chi connectivity index (χ1) is 10.2. The summed E-state index contributed by atoms with van der Waals surface area (Å²) in [6.45, 7) is 0.656. The number of carbonyl (C=O) groups excluding carboxylic acids is 1. The molecule has 1 unspecified atom stereocenters. The fraction of sp³-hybridized carbons (Fsp3) is 0.615. The Morgan fingerprint density at radius 2 is 2.05 bits per heavy atom. The number of rotatable bonds is 9. The second-order valence-corrected chi connectivity index (χ2v) is 4.89. The molecule has 0 radical (unpaired) electrons. The molecule has 22 heavy (non-hydrogen) atoms. The van der Waals surface area contributed by atoms with Crippen molar-refractivity contribution < 1.29 is 29.6 Å². The summed E-state index contributed by atoms with van der Waals surface area (Å²) in [7, 11) is 0. The zero-order valence-electron chi connectivity index (χ0n) is 12.4. The molecule has 0 aliphatic rings. The first-order valence-corrected chi connectivity index (χ1v) is 6.64. The van der Waals surface area contributed by atoms with E-state index in [1.54, 1.807) is 12.2 Å². The van der Waals surface area contributed by atoms with Crippen molar-refractivity contribution in [2.24, 2.45) is 16.5 Å². The standard InChI is InChI=1S/C13H23N3O6/c1-13(15,12(20)21)5-3-2-4-6-16-10(14)11(19)22-8-9(18)7-17/h2,4,9,17-18H,3,5-8,15H2,1H3,(H2,14,16)(H,20,21)/t9?,13-/m0/s1. The number of amidine groups is 1. The highest BCUT2D eigenvalue weighted by Gasteiger charge is 2.26. The van der Waals surface area contributed by atoms with Crippen molar-refractivity contribution in [2.45, 2.75) is 31.4 Å². The van der Waals surface area contributed by atoms with Crippen LogP contribution in [0, 0.1) is 0 Å². The zero-order valence-corrected chi connectivity index (χ0v) is 12.4. The summed E-state index contributed by atoms with van der Waals surface area (Å²) in [5.41, 5.74) is 9.63. The average molecular weight is 317 g/mol. The minimum atomic E-state index is -1.29. The molecule has 0 saturated heterocycles. The van der Waals surface area contributed by atoms with Gasteiger partial charge in [0, 0.05) is 0 Å². The van der Waals surface area contributed by atoms with Gasteiger partial charge in [-0.15, -0.1) is 0 Å². The van der Waals surface area contributed by atoms with E-state index in [1.807, 2.05) is 0 Å². The topological polar surface area (TPSA) is 168 Å². The molecule has 0 aromatic heterocycles. The Labute approximate surface area is 128 Å². The Morgan fingerprint density at radius 1 is 1.41 bits per heavy atom. The van der Waals surface area contributed by atoms with Crippen molar-refractivity contribution in [3.8, 4) is 0 Å². The van der Waals surface area contributed by atoms with Crippen LogP contribution in [0.1, 0.15) is 19.8 Å². The molecule has 0 aromatic rings. The van der Waals surface area contributed by atoms with E-state index in [1.165, 1.54) is 6.92 Å². The summed E-state index contributed by atoms with van der Waals surface area (Å²) in [5.74, 6) is -2.32. The lowest BCUT2D eigenvalue weighted by molar-refractivity contribution is -0.143. The van der Waals surface area contributed by atoms with Crippen LogP contribution in [-0.2, 0) is 14.3 Å². The third-order valence-electron chi connectivity index (χ3n) is 2.68. The summed E-state index contributed by atoms with van der Waals surface area (Å²) < 4.78 is 4.60. The van der Waals surface area contributed by atoms with Crippen LogP contribution in [0.4, 0.5) is 0 Å². The summed E-state index contributed by atoms with van der Waals surface area (Å²) in [6, 6.07) is 0. The van der Waals surface area contributed by atoms with Gasteiger partial charge in [0.15, 0.2) is 0 Å². The molecule has 0 amide bonds. The lowest BCUT2D eigenvalue weighted by Crippen LogP contribution is -2.44. The first kappa shape index (κ1) is 20.0. The molecule has 0 bridgehead atoms. The number of carbonyl (C=O) groups is 2. The Balaban J connectivity index is 4.08. The van der Waals surface area contributed by atoms with Crippen molar-refractivity contribution in [1.29, 1.82) is 0 Å². The number of esters is 1. The van der Waals surface area contributed by atoms with E-state index in [2.05, 4.69) is 9.73 Å². The van der Waals surface area contributed by atoms with Gasteiger partial charge in [-0.1, -0.05) is 12.2 Å². The van der Waals surface area contributed by atoms with Crippen LogP contribution in [0.2, 0.25) is 0 Å². The molecule has 126 valence electrons. The van der Waals surface area contributed by atoms with Crippen LogP contribution in [0.3, 0.4) is 0 Å². The Bertz CT molecular complexity index is 433. The van der Waals surface area contributed by atoms with Gasteiger partial charge in [0.1, 0.15) is 18.2 Å². The number of nitrogens with zero attached hydrogens (tertiary/aromatic N) is 1. The van der Waals surface area contributed by atoms with Crippen LogP contribution < -0.4 is 11.5 Å². The number of aliphatic carboxylic acids is 1. The van der Waals surface area contributed by atoms with Gasteiger partial charge in [0.05, 0.1) is 13.2 Å². The van der Waals surface area contributed by atoms with E-state index in [0.717, 1.165) is 0 Å². The maximum atomic E-state index is 11.3. The average Bonchev–Trinajstić information content (AvgIpc) is 2.47. The van der Waals surface area contributed by atoms with Gasteiger partial charge in [0.2, 0.25) is 5.84 Å². The lowest BCUT2D eigenvalue weighted by atomic mass is 9.97. The normalized spacial score (nSPS) is 16.3. The highest BCUT2D eigenvalue weighted by molar-refractivity contribution is 6.34. The predicted molar refractivity (Wildman–Crippen MR) is 79.1 cm³/mol. The van der Waals surface area contributed by atoms with Gasteiger partial charge < -0.3 is 31.5 Å². The number of aliphatic imine (C=N–C) groups is 1. The number of ether oxygens (including phenoxy) is 1. The van der Waals surface area contributed by atoms with Crippen molar-refractivity contribution in [2.75, 3.05) is 19.8 Å². The minimum Gasteiger partial charge on any atom is -0.480 e. The van der Waals surface area contributed by atoms with E-state index in [9.17, 15) is 9.59 Å². The van der Waals surface area contributed by atoms with Crippen molar-refractivity contribution in [3.05, 3.63) is 12.2 Å². The maximum Gasteiger partial charge on any atom is 0.373 e. The van der Waals surface area contributed by atoms with Crippen LogP contribution in [0.15, 0.2) is 17.1 Å². The molecular formula is C13H23N3O6. The SMILES string of the molecule is C[C@](N)(CCC=CCN=C(N)C(=O)OCC(O)CO)C(=O)O. The molecule has 0 saturated carbocycles. The molecule has 0 aliphatic carbocycles. The summed E-state index contributed by atoms with van der Waals surface area (Å²) in [5, 5.41) is 26.4. The molecule has 0 heterocycles. The van der Waals surface area contributed by atoms with Crippen molar-refractivity contribution in [1.82, 2.24) is 0 Å². The highest BCUT2D eigenvalue weighted by Crippen LogP contribution is 2.09. The zero-order chi connectivity index (χ0) is 17.2. The summed E-state index contributed by atoms with van der Waals surface area (Å²) in [4.78, 5) is 25.8. The smallest absolute Gasteiger partial charge is 0.373 e. The number of aliphatic hydroxyl groups is 2. The van der Waals surface area contributed by atoms with E-state index in [0.29, 0.717) is 6.42 Å². The Hall–Kier alpha value is -1.97. The van der Waals surface area contributed by atoms with E-state index in [-0.39, 0.29) is 25.4 Å². The van der Waals surface area contributed by atoms with Gasteiger partial charge in [-0.05, 0) is 19.8 Å². The Kier molecular flexibility index (Phi) is 8.99. The number of carboxylic acid groups (broad SMARTS) is 1. The van der Waals surface area contributed by atoms with Crippen molar-refractivity contribution >= 4 is 17.8 Å². The first-order valence-electron chi connectivity index (χ1n) is 6.64. The fourth-order valence-corrected chi connectivity index (χ4v) is 1.20. The lowest BCUT2D eigenvalue weighted by Gasteiger charge is -2.17. The number of aliphatic hydroxyl groups excluding tert-OH is 2. The van der Waals surface area contributed by atoms with Gasteiger partial charge in [-0.25, -0.2) is 4.79 Å². The maximum absolute atomic E-state index is 11.3. The van der Waals surface area contributed by atoms with Crippen LogP contribution in [0.5, 0.6) is 0 Å². The van der Waals surface area contributed by atoms with Gasteiger partial charge >= 0.3 is 11.9 Å². The highest BCUT2D eigenvalue weighted by atomic mass is 16.5. The van der Waals surface area contributed by atoms with Gasteiger partial charge in [-0.3, -0.25) is 9.79 Å². The Morgan fingerprint density at radius 3 is 2.59 bits per heavy atom.